The fraction of sp³-hybridized carbons (Fsp3) is 0.423. The van der Waals surface area contributed by atoms with Crippen LogP contribution < -0.4 is 4.74 Å². The Morgan fingerprint density at radius 3 is 2.12 bits per heavy atom. The molecule has 7 heteroatoms. The molecule has 0 bridgehead atoms. The number of carbonyl (C=O) groups excluding carboxylic acids is 2. The van der Waals surface area contributed by atoms with Crippen molar-refractivity contribution < 1.29 is 24.2 Å². The monoisotopic (exact) mass is 469 g/mol. The van der Waals surface area contributed by atoms with E-state index in [4.69, 9.17) is 4.74 Å². The van der Waals surface area contributed by atoms with Gasteiger partial charge in [0.2, 0.25) is 5.91 Å². The van der Waals surface area contributed by atoms with Crippen LogP contribution in [0.1, 0.15) is 53.7 Å². The first-order chi connectivity index (χ1) is 15.4. The van der Waals surface area contributed by atoms with Crippen LogP contribution in [0, 0.1) is 19.8 Å². The first-order valence-corrected chi connectivity index (χ1v) is 12.1. The number of nitrogens with zero attached hydrogens (tertiary/aromatic N) is 1. The predicted octanol–water partition coefficient (Wildman–Crippen LogP) is 4.71. The average Bonchev–Trinajstić information content (AvgIpc) is 3.21. The van der Waals surface area contributed by atoms with Gasteiger partial charge in [-0.15, -0.1) is 11.8 Å². The van der Waals surface area contributed by atoms with Crippen LogP contribution in [0.15, 0.2) is 41.3 Å². The standard InChI is InChI=1S/C26H31NO5S/c1-15-11-19(12-16(2)24(15)32-26(4,5)25(30)31)21-13-27(17(3)28)14-22(21)23(29)18-7-9-20(33-6)10-8-18/h7-12,21-22H,13-14H2,1-6H3,(H,30,31)/t21-,22+/m1/s1. The number of hydrogen-bond donors (Lipinski definition) is 1. The van der Waals surface area contributed by atoms with Crippen molar-refractivity contribution in [1.29, 1.82) is 0 Å². The van der Waals surface area contributed by atoms with E-state index in [1.54, 1.807) is 16.7 Å². The van der Waals surface area contributed by atoms with Crippen molar-refractivity contribution in [2.24, 2.45) is 5.92 Å². The molecule has 33 heavy (non-hydrogen) atoms. The highest BCUT2D eigenvalue weighted by Crippen LogP contribution is 2.39. The van der Waals surface area contributed by atoms with Crippen molar-refractivity contribution >= 4 is 29.4 Å². The average molecular weight is 470 g/mol. The fourth-order valence-corrected chi connectivity index (χ4v) is 4.70. The summed E-state index contributed by atoms with van der Waals surface area (Å²) >= 11 is 1.62. The lowest BCUT2D eigenvalue weighted by molar-refractivity contribution is -0.152. The second-order valence-corrected chi connectivity index (χ2v) is 10.0. The molecular weight excluding hydrogens is 438 g/mol. The maximum atomic E-state index is 13.5. The van der Waals surface area contributed by atoms with Gasteiger partial charge in [-0.3, -0.25) is 9.59 Å². The van der Waals surface area contributed by atoms with Crippen LogP contribution in [0.3, 0.4) is 0 Å². The first kappa shape index (κ1) is 24.8. The summed E-state index contributed by atoms with van der Waals surface area (Å²) in [5.74, 6) is -1.04. The molecule has 3 rings (SSSR count). The van der Waals surface area contributed by atoms with Gasteiger partial charge in [-0.2, -0.15) is 0 Å². The summed E-state index contributed by atoms with van der Waals surface area (Å²) in [6.07, 6.45) is 1.99. The zero-order chi connectivity index (χ0) is 24.5. The summed E-state index contributed by atoms with van der Waals surface area (Å²) in [4.78, 5) is 40.0. The molecule has 0 aromatic heterocycles. The molecule has 1 fully saturated rings. The van der Waals surface area contributed by atoms with E-state index in [0.717, 1.165) is 21.6 Å². The Kier molecular flexibility index (Phi) is 7.22. The fourth-order valence-electron chi connectivity index (χ4n) is 4.29. The van der Waals surface area contributed by atoms with Crippen LogP contribution in [0.5, 0.6) is 5.75 Å². The Hall–Kier alpha value is -2.80. The quantitative estimate of drug-likeness (QED) is 0.467. The number of rotatable bonds is 7. The highest BCUT2D eigenvalue weighted by Gasteiger charge is 2.40. The Morgan fingerprint density at radius 2 is 1.64 bits per heavy atom. The molecule has 1 N–H and O–H groups in total. The molecule has 1 aliphatic heterocycles. The van der Waals surface area contributed by atoms with E-state index in [-0.39, 0.29) is 23.5 Å². The number of ether oxygens (including phenoxy) is 1. The maximum absolute atomic E-state index is 13.5. The van der Waals surface area contributed by atoms with Gasteiger partial charge in [0.25, 0.3) is 0 Å². The number of carboxylic acids is 1. The summed E-state index contributed by atoms with van der Waals surface area (Å²) in [6.45, 7) is 9.15. The van der Waals surface area contributed by atoms with Gasteiger partial charge in [0.15, 0.2) is 11.4 Å². The molecule has 0 aliphatic carbocycles. The lowest BCUT2D eigenvalue weighted by Gasteiger charge is -2.26. The van der Waals surface area contributed by atoms with E-state index in [0.29, 0.717) is 24.4 Å². The molecule has 0 radical (unpaired) electrons. The topological polar surface area (TPSA) is 83.9 Å². The smallest absolute Gasteiger partial charge is 0.347 e. The van der Waals surface area contributed by atoms with Crippen LogP contribution in [0.25, 0.3) is 0 Å². The SMILES string of the molecule is CSc1ccc(C(=O)[C@H]2CN(C(C)=O)C[C@@H]2c2cc(C)c(OC(C)(C)C(=O)O)c(C)c2)cc1. The van der Waals surface area contributed by atoms with E-state index >= 15 is 0 Å². The Labute approximate surface area is 199 Å². The maximum Gasteiger partial charge on any atom is 0.347 e. The summed E-state index contributed by atoms with van der Waals surface area (Å²) in [7, 11) is 0. The van der Waals surface area contributed by atoms with Crippen molar-refractivity contribution in [3.63, 3.8) is 0 Å². The van der Waals surface area contributed by atoms with Gasteiger partial charge >= 0.3 is 5.97 Å². The van der Waals surface area contributed by atoms with Crippen LogP contribution >= 0.6 is 11.8 Å². The van der Waals surface area contributed by atoms with Crippen LogP contribution in [0.4, 0.5) is 0 Å². The minimum atomic E-state index is -1.36. The third-order valence-electron chi connectivity index (χ3n) is 6.26. The third-order valence-corrected chi connectivity index (χ3v) is 7.00. The van der Waals surface area contributed by atoms with Crippen LogP contribution in [-0.2, 0) is 9.59 Å². The van der Waals surface area contributed by atoms with Crippen LogP contribution in [0.2, 0.25) is 0 Å². The lowest BCUT2D eigenvalue weighted by atomic mass is 9.82. The minimum absolute atomic E-state index is 0.0269. The van der Waals surface area contributed by atoms with E-state index in [9.17, 15) is 19.5 Å². The van der Waals surface area contributed by atoms with Crippen molar-refractivity contribution in [1.82, 2.24) is 4.90 Å². The van der Waals surface area contributed by atoms with Crippen LogP contribution in [-0.4, -0.2) is 52.6 Å². The molecule has 176 valence electrons. The summed E-state index contributed by atoms with van der Waals surface area (Å²) in [6, 6.07) is 11.5. The number of aryl methyl sites for hydroxylation is 2. The van der Waals surface area contributed by atoms with Gasteiger partial charge in [0, 0.05) is 42.3 Å². The first-order valence-electron chi connectivity index (χ1n) is 10.9. The molecule has 6 nitrogen and oxygen atoms in total. The highest BCUT2D eigenvalue weighted by molar-refractivity contribution is 7.98. The van der Waals surface area contributed by atoms with Gasteiger partial charge in [-0.05, 0) is 62.8 Å². The molecule has 2 aromatic rings. The normalized spacial score (nSPS) is 18.3. The molecule has 1 heterocycles. The highest BCUT2D eigenvalue weighted by atomic mass is 32.2. The van der Waals surface area contributed by atoms with Gasteiger partial charge in [-0.25, -0.2) is 4.79 Å². The Morgan fingerprint density at radius 1 is 1.06 bits per heavy atom. The number of hydrogen-bond acceptors (Lipinski definition) is 5. The van der Waals surface area contributed by atoms with E-state index < -0.39 is 11.6 Å². The van der Waals surface area contributed by atoms with E-state index in [1.165, 1.54) is 20.8 Å². The second kappa shape index (κ2) is 9.59. The molecular formula is C26H31NO5S. The number of carbonyl (C=O) groups is 3. The Balaban J connectivity index is 1.96. The zero-order valence-electron chi connectivity index (χ0n) is 20.0. The molecule has 1 amide bonds. The number of carboxylic acid groups (broad SMARTS) is 1. The van der Waals surface area contributed by atoms with Crippen molar-refractivity contribution in [3.05, 3.63) is 58.7 Å². The molecule has 0 saturated carbocycles. The van der Waals surface area contributed by atoms with E-state index in [1.807, 2.05) is 56.5 Å². The Bertz CT molecular complexity index is 1050. The number of ketones is 1. The summed E-state index contributed by atoms with van der Waals surface area (Å²) < 4.78 is 5.83. The third kappa shape index (κ3) is 5.24. The largest absolute Gasteiger partial charge is 0.478 e. The molecule has 2 atom stereocenters. The number of Topliss-reactive ketones (excluding diaryl/α,β-unsaturated/α-hetero) is 1. The number of thioether (sulfide) groups is 1. The molecule has 1 saturated heterocycles. The van der Waals surface area contributed by atoms with E-state index in [2.05, 4.69) is 0 Å². The number of amides is 1. The lowest BCUT2D eigenvalue weighted by Crippen LogP contribution is -2.38. The van der Waals surface area contributed by atoms with Crippen molar-refractivity contribution in [3.8, 4) is 5.75 Å². The number of aliphatic carboxylic acids is 1. The van der Waals surface area contributed by atoms with Gasteiger partial charge in [0.05, 0.1) is 0 Å². The number of likely N-dealkylation sites (tertiary alicyclic amines) is 1. The molecule has 0 spiro atoms. The minimum Gasteiger partial charge on any atom is -0.478 e. The van der Waals surface area contributed by atoms with Gasteiger partial charge < -0.3 is 14.7 Å². The van der Waals surface area contributed by atoms with Crippen molar-refractivity contribution in [2.45, 2.75) is 51.0 Å². The van der Waals surface area contributed by atoms with Crippen molar-refractivity contribution in [2.75, 3.05) is 19.3 Å². The molecule has 0 unspecified atom stereocenters. The van der Waals surface area contributed by atoms with Gasteiger partial charge in [0.1, 0.15) is 5.75 Å². The second-order valence-electron chi connectivity index (χ2n) is 9.13. The van der Waals surface area contributed by atoms with Gasteiger partial charge in [-0.1, -0.05) is 24.3 Å². The molecule has 2 aromatic carbocycles. The summed E-state index contributed by atoms with van der Waals surface area (Å²) in [5, 5.41) is 9.43. The summed E-state index contributed by atoms with van der Waals surface area (Å²) in [5.41, 5.74) is 1.84. The molecule has 1 aliphatic rings. The zero-order valence-corrected chi connectivity index (χ0v) is 20.8. The predicted molar refractivity (Wildman–Crippen MR) is 129 cm³/mol. The number of benzene rings is 2.